The number of hydrogen-bond donors (Lipinski definition) is 0. The molecule has 0 bridgehead atoms. The lowest BCUT2D eigenvalue weighted by molar-refractivity contribution is -0.145. The van der Waals surface area contributed by atoms with Crippen LogP contribution >= 0.6 is 0 Å². The van der Waals surface area contributed by atoms with E-state index >= 15 is 0 Å². The number of amides is 2. The van der Waals surface area contributed by atoms with Crippen LogP contribution in [-0.4, -0.2) is 48.1 Å². The SMILES string of the molecule is CC1=CC(C)(C)C(C2C(=O)N3CCOCCN3C2=O)C(C)=C1. The fourth-order valence-electron chi connectivity index (χ4n) is 4.26. The van der Waals surface area contributed by atoms with E-state index < -0.39 is 5.92 Å². The maximum absolute atomic E-state index is 12.9. The zero-order chi connectivity index (χ0) is 16.1. The van der Waals surface area contributed by atoms with Crippen LogP contribution in [0.2, 0.25) is 0 Å². The lowest BCUT2D eigenvalue weighted by Gasteiger charge is -2.38. The first kappa shape index (κ1) is 15.3. The Morgan fingerprint density at radius 3 is 2.14 bits per heavy atom. The first-order valence-corrected chi connectivity index (χ1v) is 7.91. The molecule has 0 spiro atoms. The Balaban J connectivity index is 1.97. The predicted octanol–water partition coefficient (Wildman–Crippen LogP) is 1.77. The predicted molar refractivity (Wildman–Crippen MR) is 82.5 cm³/mol. The molecule has 22 heavy (non-hydrogen) atoms. The minimum Gasteiger partial charge on any atom is -0.378 e. The van der Waals surface area contributed by atoms with Gasteiger partial charge < -0.3 is 4.74 Å². The molecule has 0 N–H and O–H groups in total. The zero-order valence-corrected chi connectivity index (χ0v) is 13.8. The molecule has 0 radical (unpaired) electrons. The van der Waals surface area contributed by atoms with E-state index in [-0.39, 0.29) is 23.1 Å². The normalized spacial score (nSPS) is 29.2. The lowest BCUT2D eigenvalue weighted by Crippen LogP contribution is -2.41. The van der Waals surface area contributed by atoms with Crippen LogP contribution in [0.15, 0.2) is 23.3 Å². The zero-order valence-electron chi connectivity index (χ0n) is 13.8. The fraction of sp³-hybridized carbons (Fsp3) is 0.647. The van der Waals surface area contributed by atoms with Gasteiger partial charge in [0.1, 0.15) is 5.92 Å². The van der Waals surface area contributed by atoms with Crippen molar-refractivity contribution >= 4 is 11.8 Å². The number of fused-ring (bicyclic) bond motifs is 1. The van der Waals surface area contributed by atoms with Crippen LogP contribution in [0.3, 0.4) is 0 Å². The number of hydrogen-bond acceptors (Lipinski definition) is 3. The highest BCUT2D eigenvalue weighted by Crippen LogP contribution is 2.46. The van der Waals surface area contributed by atoms with E-state index in [1.807, 2.05) is 6.92 Å². The van der Waals surface area contributed by atoms with Crippen LogP contribution in [0.25, 0.3) is 0 Å². The highest BCUT2D eigenvalue weighted by molar-refractivity contribution is 6.06. The maximum atomic E-state index is 12.9. The summed E-state index contributed by atoms with van der Waals surface area (Å²) in [5.74, 6) is -0.832. The molecule has 1 aliphatic carbocycles. The summed E-state index contributed by atoms with van der Waals surface area (Å²) >= 11 is 0. The molecule has 0 aromatic carbocycles. The Morgan fingerprint density at radius 1 is 1.09 bits per heavy atom. The smallest absolute Gasteiger partial charge is 0.254 e. The largest absolute Gasteiger partial charge is 0.378 e. The number of allylic oxidation sites excluding steroid dienone is 4. The van der Waals surface area contributed by atoms with Crippen LogP contribution in [-0.2, 0) is 14.3 Å². The summed E-state index contributed by atoms with van der Waals surface area (Å²) < 4.78 is 5.38. The Bertz CT molecular complexity index is 552. The number of carbonyl (C=O) groups is 2. The Hall–Kier alpha value is -1.62. The minimum atomic E-state index is -0.603. The average molecular weight is 304 g/mol. The molecule has 1 unspecified atom stereocenters. The topological polar surface area (TPSA) is 49.9 Å². The maximum Gasteiger partial charge on any atom is 0.254 e. The van der Waals surface area contributed by atoms with E-state index in [0.717, 1.165) is 5.57 Å². The van der Waals surface area contributed by atoms with Crippen molar-refractivity contribution in [1.82, 2.24) is 10.0 Å². The molecule has 2 heterocycles. The monoisotopic (exact) mass is 304 g/mol. The second-order valence-electron chi connectivity index (χ2n) is 7.09. The van der Waals surface area contributed by atoms with Gasteiger partial charge in [-0.15, -0.1) is 0 Å². The van der Waals surface area contributed by atoms with Gasteiger partial charge in [-0.1, -0.05) is 37.1 Å². The van der Waals surface area contributed by atoms with Crippen molar-refractivity contribution in [3.8, 4) is 0 Å². The number of rotatable bonds is 1. The highest BCUT2D eigenvalue weighted by atomic mass is 16.5. The third-order valence-corrected chi connectivity index (χ3v) is 4.91. The van der Waals surface area contributed by atoms with Gasteiger partial charge in [0.05, 0.1) is 26.3 Å². The molecule has 2 amide bonds. The molecule has 0 aromatic rings. The Kier molecular flexibility index (Phi) is 3.63. The minimum absolute atomic E-state index is 0.0747. The van der Waals surface area contributed by atoms with Gasteiger partial charge in [-0.25, -0.2) is 10.0 Å². The first-order chi connectivity index (χ1) is 10.3. The van der Waals surface area contributed by atoms with Crippen molar-refractivity contribution in [3.05, 3.63) is 23.3 Å². The lowest BCUT2D eigenvalue weighted by atomic mass is 9.65. The highest BCUT2D eigenvalue weighted by Gasteiger charge is 2.53. The second kappa shape index (κ2) is 5.23. The van der Waals surface area contributed by atoms with E-state index in [2.05, 4.69) is 32.9 Å². The van der Waals surface area contributed by atoms with Crippen LogP contribution < -0.4 is 0 Å². The first-order valence-electron chi connectivity index (χ1n) is 7.91. The van der Waals surface area contributed by atoms with Crippen LogP contribution in [0.4, 0.5) is 0 Å². The molecule has 3 rings (SSSR count). The van der Waals surface area contributed by atoms with Crippen molar-refractivity contribution in [1.29, 1.82) is 0 Å². The number of ether oxygens (including phenoxy) is 1. The molecule has 2 fully saturated rings. The molecule has 0 aromatic heterocycles. The summed E-state index contributed by atoms with van der Waals surface area (Å²) in [7, 11) is 0. The molecule has 1 atom stereocenters. The van der Waals surface area contributed by atoms with Gasteiger partial charge in [0.2, 0.25) is 0 Å². The number of hydrazine groups is 1. The summed E-state index contributed by atoms with van der Waals surface area (Å²) in [5.41, 5.74) is 2.10. The van der Waals surface area contributed by atoms with Gasteiger partial charge in [-0.3, -0.25) is 9.59 Å². The van der Waals surface area contributed by atoms with Crippen molar-refractivity contribution in [2.45, 2.75) is 27.7 Å². The number of carbonyl (C=O) groups excluding carboxylic acids is 2. The quantitative estimate of drug-likeness (QED) is 0.694. The van der Waals surface area contributed by atoms with E-state index in [4.69, 9.17) is 4.74 Å². The Morgan fingerprint density at radius 2 is 1.64 bits per heavy atom. The fourth-order valence-corrected chi connectivity index (χ4v) is 4.26. The molecule has 2 saturated heterocycles. The molecular formula is C17H24N2O3. The standard InChI is InChI=1S/C17H24N2O3/c1-11-9-12(2)14(17(3,4)10-11)13-15(20)18-5-7-22-8-6-19(18)16(13)21/h9-10,13-14H,5-8H2,1-4H3. The molecule has 2 aliphatic heterocycles. The summed E-state index contributed by atoms with van der Waals surface area (Å²) in [6.45, 7) is 10.2. The van der Waals surface area contributed by atoms with Crippen LogP contribution in [0.1, 0.15) is 27.7 Å². The van der Waals surface area contributed by atoms with Gasteiger partial charge in [0.15, 0.2) is 0 Å². The van der Waals surface area contributed by atoms with Crippen molar-refractivity contribution < 1.29 is 14.3 Å². The van der Waals surface area contributed by atoms with Crippen molar-refractivity contribution in [2.24, 2.45) is 17.3 Å². The van der Waals surface area contributed by atoms with Gasteiger partial charge in [-0.2, -0.15) is 0 Å². The molecular weight excluding hydrogens is 280 g/mol. The molecule has 5 heteroatoms. The summed E-state index contributed by atoms with van der Waals surface area (Å²) in [5, 5.41) is 3.18. The van der Waals surface area contributed by atoms with E-state index in [1.165, 1.54) is 5.57 Å². The summed E-state index contributed by atoms with van der Waals surface area (Å²) in [4.78, 5) is 25.8. The molecule has 5 nitrogen and oxygen atoms in total. The molecule has 3 aliphatic rings. The van der Waals surface area contributed by atoms with Gasteiger partial charge >= 0.3 is 0 Å². The van der Waals surface area contributed by atoms with Gasteiger partial charge in [0, 0.05) is 5.92 Å². The van der Waals surface area contributed by atoms with Crippen LogP contribution in [0, 0.1) is 17.3 Å². The average Bonchev–Trinajstić information content (AvgIpc) is 2.60. The van der Waals surface area contributed by atoms with Crippen LogP contribution in [0.5, 0.6) is 0 Å². The van der Waals surface area contributed by atoms with Crippen molar-refractivity contribution in [2.75, 3.05) is 26.3 Å². The third-order valence-electron chi connectivity index (χ3n) is 4.91. The van der Waals surface area contributed by atoms with E-state index in [9.17, 15) is 9.59 Å². The van der Waals surface area contributed by atoms with Crippen molar-refractivity contribution in [3.63, 3.8) is 0 Å². The summed E-state index contributed by atoms with van der Waals surface area (Å²) in [6, 6.07) is 0. The third kappa shape index (κ3) is 2.28. The molecule has 0 saturated carbocycles. The van der Waals surface area contributed by atoms with E-state index in [1.54, 1.807) is 10.0 Å². The van der Waals surface area contributed by atoms with E-state index in [0.29, 0.717) is 26.3 Å². The number of nitrogens with zero attached hydrogens (tertiary/aromatic N) is 2. The molecule has 120 valence electrons. The Labute approximate surface area is 131 Å². The second-order valence-corrected chi connectivity index (χ2v) is 7.09. The summed E-state index contributed by atoms with van der Waals surface area (Å²) in [6.07, 6.45) is 4.27. The van der Waals surface area contributed by atoms with Gasteiger partial charge in [-0.05, 0) is 19.3 Å². The van der Waals surface area contributed by atoms with Gasteiger partial charge in [0.25, 0.3) is 11.8 Å².